The van der Waals surface area contributed by atoms with Crippen molar-refractivity contribution in [1.82, 2.24) is 4.98 Å². The maximum absolute atomic E-state index is 12.8. The highest BCUT2D eigenvalue weighted by Crippen LogP contribution is 2.33. The van der Waals surface area contributed by atoms with Crippen LogP contribution in [0.25, 0.3) is 0 Å². The van der Waals surface area contributed by atoms with Crippen molar-refractivity contribution < 1.29 is 26.3 Å². The van der Waals surface area contributed by atoms with Gasteiger partial charge in [0.2, 0.25) is 0 Å². The molecule has 8 heteroatoms. The zero-order valence-corrected chi connectivity index (χ0v) is 8.91. The summed E-state index contributed by atoms with van der Waals surface area (Å²) in [6.45, 7) is 0. The minimum Gasteiger partial charge on any atom is -0.234 e. The van der Waals surface area contributed by atoms with Crippen LogP contribution in [0.15, 0.2) is 6.07 Å². The van der Waals surface area contributed by atoms with Crippen molar-refractivity contribution in [2.45, 2.75) is 12.6 Å². The average molecular weight is 341 g/mol. The van der Waals surface area contributed by atoms with Crippen LogP contribution < -0.4 is 0 Å². The van der Waals surface area contributed by atoms with E-state index in [0.29, 0.717) is 0 Å². The van der Waals surface area contributed by atoms with E-state index in [1.54, 1.807) is 0 Å². The van der Waals surface area contributed by atoms with Crippen molar-refractivity contribution in [3.05, 3.63) is 26.8 Å². The molecular weight excluding hydrogens is 339 g/mol. The van der Waals surface area contributed by atoms with Gasteiger partial charge in [-0.2, -0.15) is 13.2 Å². The predicted octanol–water partition coefficient (Wildman–Crippen LogP) is 3.78. The summed E-state index contributed by atoms with van der Waals surface area (Å²) in [5, 5.41) is 0. The molecule has 0 spiro atoms. The molecule has 1 heterocycles. The molecule has 1 aromatic rings. The van der Waals surface area contributed by atoms with Crippen LogP contribution in [-0.2, 0) is 6.18 Å². The lowest BCUT2D eigenvalue weighted by atomic mass is 10.2. The molecule has 0 bridgehead atoms. The average Bonchev–Trinajstić information content (AvgIpc) is 2.06. The molecule has 1 aromatic heterocycles. The molecule has 0 fully saturated rings. The van der Waals surface area contributed by atoms with Gasteiger partial charge in [-0.15, -0.1) is 0 Å². The van der Waals surface area contributed by atoms with Gasteiger partial charge in [0.15, 0.2) is 11.5 Å². The number of hydrogen-bond donors (Lipinski definition) is 0. The van der Waals surface area contributed by atoms with Crippen molar-refractivity contribution in [2.24, 2.45) is 0 Å². The van der Waals surface area contributed by atoms with Crippen LogP contribution in [0.5, 0.6) is 0 Å². The molecule has 0 atom stereocenters. The van der Waals surface area contributed by atoms with Crippen molar-refractivity contribution in [3.8, 4) is 0 Å². The number of alkyl halides is 5. The Kier molecular flexibility index (Phi) is 3.46. The summed E-state index contributed by atoms with van der Waals surface area (Å²) in [5.41, 5.74) is -2.63. The van der Waals surface area contributed by atoms with Gasteiger partial charge in [-0.05, 0) is 28.7 Å². The van der Waals surface area contributed by atoms with Gasteiger partial charge in [0.25, 0.3) is 6.43 Å². The van der Waals surface area contributed by atoms with Gasteiger partial charge < -0.3 is 0 Å². The largest absolute Gasteiger partial charge is 0.436 e. The Hall–Kier alpha value is -0.540. The first-order valence-corrected chi connectivity index (χ1v) is 4.52. The topological polar surface area (TPSA) is 12.9 Å². The second-order valence-electron chi connectivity index (χ2n) is 2.50. The van der Waals surface area contributed by atoms with Crippen LogP contribution in [0.3, 0.4) is 0 Å². The van der Waals surface area contributed by atoms with Gasteiger partial charge in [0.05, 0.1) is 5.56 Å². The maximum atomic E-state index is 12.8. The number of aromatic nitrogens is 1. The Labute approximate surface area is 93.6 Å². The Morgan fingerprint density at radius 3 is 2.20 bits per heavy atom. The van der Waals surface area contributed by atoms with E-state index in [1.165, 1.54) is 22.6 Å². The molecule has 1 rings (SSSR count). The highest BCUT2D eigenvalue weighted by atomic mass is 127. The normalized spacial score (nSPS) is 12.3. The molecule has 1 nitrogen and oxygen atoms in total. The quantitative estimate of drug-likeness (QED) is 0.430. The molecule has 84 valence electrons. The highest BCUT2D eigenvalue weighted by Gasteiger charge is 2.37. The van der Waals surface area contributed by atoms with Crippen LogP contribution in [0.4, 0.5) is 26.3 Å². The third kappa shape index (κ3) is 2.73. The summed E-state index contributed by atoms with van der Waals surface area (Å²) < 4.78 is 72.7. The van der Waals surface area contributed by atoms with Gasteiger partial charge in [0.1, 0.15) is 3.70 Å². The van der Waals surface area contributed by atoms with E-state index in [-0.39, 0.29) is 6.07 Å². The highest BCUT2D eigenvalue weighted by molar-refractivity contribution is 14.1. The summed E-state index contributed by atoms with van der Waals surface area (Å²) in [6, 6.07) is 0.155. The molecule has 0 aliphatic carbocycles. The Morgan fingerprint density at radius 2 is 1.80 bits per heavy atom. The smallest absolute Gasteiger partial charge is 0.234 e. The summed E-state index contributed by atoms with van der Waals surface area (Å²) in [6.07, 6.45) is -8.04. The van der Waals surface area contributed by atoms with E-state index >= 15 is 0 Å². The fourth-order valence-corrected chi connectivity index (χ4v) is 1.46. The number of halogens is 7. The fourth-order valence-electron chi connectivity index (χ4n) is 0.832. The van der Waals surface area contributed by atoms with Crippen molar-refractivity contribution >= 4 is 22.6 Å². The van der Waals surface area contributed by atoms with Gasteiger partial charge in [0, 0.05) is 0 Å². The van der Waals surface area contributed by atoms with Crippen LogP contribution in [0.2, 0.25) is 0 Å². The summed E-state index contributed by atoms with van der Waals surface area (Å²) in [4.78, 5) is 2.77. The maximum Gasteiger partial charge on any atom is 0.436 e. The zero-order valence-electron chi connectivity index (χ0n) is 6.75. The Morgan fingerprint density at radius 1 is 1.27 bits per heavy atom. The van der Waals surface area contributed by atoms with E-state index in [4.69, 9.17) is 0 Å². The Balaban J connectivity index is 3.32. The van der Waals surface area contributed by atoms with E-state index in [2.05, 4.69) is 4.98 Å². The monoisotopic (exact) mass is 341 g/mol. The first-order chi connectivity index (χ1) is 6.73. The Bertz CT molecular complexity index is 374. The van der Waals surface area contributed by atoms with E-state index in [9.17, 15) is 26.3 Å². The minimum atomic E-state index is -4.98. The molecular formula is C7H2F6IN. The van der Waals surface area contributed by atoms with Gasteiger partial charge >= 0.3 is 6.18 Å². The van der Waals surface area contributed by atoms with Crippen LogP contribution in [0, 0.1) is 9.52 Å². The first kappa shape index (κ1) is 12.5. The van der Waals surface area contributed by atoms with Gasteiger partial charge in [-0.25, -0.2) is 18.2 Å². The molecule has 0 radical (unpaired) electrons. The zero-order chi connectivity index (χ0) is 11.8. The third-order valence-corrected chi connectivity index (χ3v) is 2.32. The van der Waals surface area contributed by atoms with Crippen molar-refractivity contribution in [3.63, 3.8) is 0 Å². The standard InChI is InChI=1S/C7H2F6IN/c8-3-1-2(5(9)10)6(14)15-4(3)7(11,12)13/h1,5H. The summed E-state index contributed by atoms with van der Waals surface area (Å²) in [5.74, 6) is -1.79. The van der Waals surface area contributed by atoms with Gasteiger partial charge in [-0.1, -0.05) is 0 Å². The lowest BCUT2D eigenvalue weighted by molar-refractivity contribution is -0.143. The number of rotatable bonds is 1. The summed E-state index contributed by atoms with van der Waals surface area (Å²) in [7, 11) is 0. The van der Waals surface area contributed by atoms with Crippen molar-refractivity contribution in [1.29, 1.82) is 0 Å². The van der Waals surface area contributed by atoms with Crippen LogP contribution in [0.1, 0.15) is 17.7 Å². The SMILES string of the molecule is Fc1cc(C(F)F)c(I)nc1C(F)(F)F. The van der Waals surface area contributed by atoms with Gasteiger partial charge in [-0.3, -0.25) is 0 Å². The molecule has 0 unspecified atom stereocenters. The van der Waals surface area contributed by atoms with Crippen molar-refractivity contribution in [2.75, 3.05) is 0 Å². The molecule has 0 aromatic carbocycles. The lowest BCUT2D eigenvalue weighted by Crippen LogP contribution is -2.13. The second kappa shape index (κ2) is 4.14. The molecule has 0 saturated heterocycles. The molecule has 0 aliphatic rings. The van der Waals surface area contributed by atoms with E-state index < -0.39 is 33.4 Å². The number of nitrogens with zero attached hydrogens (tertiary/aromatic N) is 1. The fraction of sp³-hybridized carbons (Fsp3) is 0.286. The first-order valence-electron chi connectivity index (χ1n) is 3.44. The van der Waals surface area contributed by atoms with E-state index in [0.717, 1.165) is 0 Å². The van der Waals surface area contributed by atoms with Crippen LogP contribution in [-0.4, -0.2) is 4.98 Å². The van der Waals surface area contributed by atoms with Crippen LogP contribution >= 0.6 is 22.6 Å². The molecule has 0 saturated carbocycles. The molecule has 0 amide bonds. The molecule has 0 aliphatic heterocycles. The minimum absolute atomic E-state index is 0.155. The molecule has 15 heavy (non-hydrogen) atoms. The third-order valence-electron chi connectivity index (χ3n) is 1.46. The summed E-state index contributed by atoms with van der Waals surface area (Å²) >= 11 is 1.20. The van der Waals surface area contributed by atoms with E-state index in [1.807, 2.05) is 0 Å². The number of pyridine rings is 1. The second-order valence-corrected chi connectivity index (χ2v) is 3.52. The molecule has 0 N–H and O–H groups in total. The lowest BCUT2D eigenvalue weighted by Gasteiger charge is -2.09. The number of hydrogen-bond acceptors (Lipinski definition) is 1. The predicted molar refractivity (Wildman–Crippen MR) is 46.9 cm³/mol.